The monoisotopic (exact) mass is 404 g/mol. The molecule has 4 fully saturated rings. The first-order valence-corrected chi connectivity index (χ1v) is 11.5. The highest BCUT2D eigenvalue weighted by molar-refractivity contribution is 5.81. The fourth-order valence-corrected chi connectivity index (χ4v) is 7.20. The lowest BCUT2D eigenvalue weighted by atomic mass is 9.43. The zero-order chi connectivity index (χ0) is 21.6. The van der Waals surface area contributed by atoms with Crippen molar-refractivity contribution < 1.29 is 19.1 Å². The van der Waals surface area contributed by atoms with Gasteiger partial charge in [-0.3, -0.25) is 4.79 Å². The zero-order valence-electron chi connectivity index (χ0n) is 19.3. The number of hydrogen-bond donors (Lipinski definition) is 0. The van der Waals surface area contributed by atoms with Crippen molar-refractivity contribution in [2.75, 3.05) is 0 Å². The van der Waals surface area contributed by atoms with E-state index in [0.29, 0.717) is 36.0 Å². The average molecular weight is 405 g/mol. The first kappa shape index (κ1) is 22.4. The van der Waals surface area contributed by atoms with E-state index in [4.69, 9.17) is 9.47 Å². The van der Waals surface area contributed by atoms with Crippen LogP contribution in [0.1, 0.15) is 86.5 Å². The SMILES string of the molecule is C=CC(=O)OC(C)CC(C)(CC)C(=O)OC1(C(C)C)C2CC3CC1CC(C)(C3)C2. The Morgan fingerprint density at radius 3 is 2.21 bits per heavy atom. The van der Waals surface area contributed by atoms with Gasteiger partial charge in [0.05, 0.1) is 5.41 Å². The van der Waals surface area contributed by atoms with Crippen LogP contribution in [0.2, 0.25) is 0 Å². The van der Waals surface area contributed by atoms with Crippen LogP contribution in [0.5, 0.6) is 0 Å². The Bertz CT molecular complexity index is 650. The van der Waals surface area contributed by atoms with Crippen LogP contribution in [-0.2, 0) is 19.1 Å². The van der Waals surface area contributed by atoms with Gasteiger partial charge in [0.15, 0.2) is 0 Å². The van der Waals surface area contributed by atoms with Crippen molar-refractivity contribution in [1.29, 1.82) is 0 Å². The second-order valence-corrected chi connectivity index (χ2v) is 11.1. The van der Waals surface area contributed by atoms with E-state index in [1.807, 2.05) is 20.8 Å². The van der Waals surface area contributed by atoms with Gasteiger partial charge in [-0.2, -0.15) is 0 Å². The third kappa shape index (κ3) is 3.88. The van der Waals surface area contributed by atoms with Crippen LogP contribution in [0.4, 0.5) is 0 Å². The van der Waals surface area contributed by atoms with Crippen LogP contribution in [0.15, 0.2) is 12.7 Å². The van der Waals surface area contributed by atoms with E-state index in [0.717, 1.165) is 5.92 Å². The molecule has 4 aliphatic rings. The van der Waals surface area contributed by atoms with Crippen molar-refractivity contribution >= 4 is 11.9 Å². The molecule has 4 saturated carbocycles. The van der Waals surface area contributed by atoms with Crippen LogP contribution in [0, 0.1) is 34.5 Å². The van der Waals surface area contributed by atoms with Crippen LogP contribution in [0.3, 0.4) is 0 Å². The Hall–Kier alpha value is -1.32. The number of carbonyl (C=O) groups is 2. The average Bonchev–Trinajstić information content (AvgIpc) is 2.62. The Morgan fingerprint density at radius 1 is 1.17 bits per heavy atom. The lowest BCUT2D eigenvalue weighted by Crippen LogP contribution is -2.65. The van der Waals surface area contributed by atoms with Crippen molar-refractivity contribution in [1.82, 2.24) is 0 Å². The summed E-state index contributed by atoms with van der Waals surface area (Å²) in [5.41, 5.74) is -0.574. The zero-order valence-corrected chi connectivity index (χ0v) is 19.3. The predicted molar refractivity (Wildman–Crippen MR) is 114 cm³/mol. The molecule has 0 radical (unpaired) electrons. The molecule has 164 valence electrons. The van der Waals surface area contributed by atoms with Crippen molar-refractivity contribution in [3.8, 4) is 0 Å². The predicted octanol–water partition coefficient (Wildman–Crippen LogP) is 5.69. The largest absolute Gasteiger partial charge is 0.459 e. The molecule has 0 saturated heterocycles. The molecule has 4 rings (SSSR count). The molecule has 4 heteroatoms. The lowest BCUT2D eigenvalue weighted by molar-refractivity contribution is -0.245. The molecule has 4 bridgehead atoms. The molecule has 0 N–H and O–H groups in total. The number of carbonyl (C=O) groups excluding carboxylic acids is 2. The normalized spacial score (nSPS) is 38.4. The second kappa shape index (κ2) is 7.74. The van der Waals surface area contributed by atoms with Crippen molar-refractivity contribution in [2.45, 2.75) is 98.2 Å². The molecule has 0 heterocycles. The van der Waals surface area contributed by atoms with Gasteiger partial charge in [0.2, 0.25) is 0 Å². The molecule has 0 aromatic heterocycles. The third-order valence-corrected chi connectivity index (χ3v) is 8.44. The highest BCUT2D eigenvalue weighted by atomic mass is 16.6. The van der Waals surface area contributed by atoms with Gasteiger partial charge in [0.1, 0.15) is 11.7 Å². The number of rotatable bonds is 8. The molecule has 0 amide bonds. The minimum absolute atomic E-state index is 0.118. The molecule has 0 spiro atoms. The molecular formula is C25H40O4. The molecule has 0 aliphatic heterocycles. The summed E-state index contributed by atoms with van der Waals surface area (Å²) in [7, 11) is 0. The molecule has 0 aromatic rings. The minimum atomic E-state index is -0.665. The first-order chi connectivity index (χ1) is 13.5. The minimum Gasteiger partial charge on any atom is -0.459 e. The summed E-state index contributed by atoms with van der Waals surface area (Å²) in [6.45, 7) is 16.2. The van der Waals surface area contributed by atoms with Gasteiger partial charge >= 0.3 is 11.9 Å². The van der Waals surface area contributed by atoms with Gasteiger partial charge in [-0.25, -0.2) is 4.79 Å². The molecular weight excluding hydrogens is 364 g/mol. The molecule has 4 atom stereocenters. The molecule has 4 unspecified atom stereocenters. The highest BCUT2D eigenvalue weighted by Crippen LogP contribution is 2.66. The van der Waals surface area contributed by atoms with E-state index >= 15 is 0 Å². The first-order valence-electron chi connectivity index (χ1n) is 11.5. The summed E-state index contributed by atoms with van der Waals surface area (Å²) in [6.07, 6.45) is 8.05. The number of esters is 2. The topological polar surface area (TPSA) is 52.6 Å². The van der Waals surface area contributed by atoms with Gasteiger partial charge in [-0.1, -0.05) is 34.3 Å². The maximum Gasteiger partial charge on any atom is 0.330 e. The molecule has 0 aromatic carbocycles. The van der Waals surface area contributed by atoms with Crippen LogP contribution >= 0.6 is 0 Å². The third-order valence-electron chi connectivity index (χ3n) is 8.44. The van der Waals surface area contributed by atoms with E-state index in [1.165, 1.54) is 38.2 Å². The highest BCUT2D eigenvalue weighted by Gasteiger charge is 2.64. The number of hydrogen-bond acceptors (Lipinski definition) is 4. The van der Waals surface area contributed by atoms with Crippen molar-refractivity contribution in [3.63, 3.8) is 0 Å². The van der Waals surface area contributed by atoms with Gasteiger partial charge in [-0.15, -0.1) is 0 Å². The van der Waals surface area contributed by atoms with Gasteiger partial charge < -0.3 is 9.47 Å². The maximum atomic E-state index is 13.6. The van der Waals surface area contributed by atoms with Crippen molar-refractivity contribution in [2.24, 2.45) is 34.5 Å². The Kier molecular flexibility index (Phi) is 5.97. The fraction of sp³-hybridized carbons (Fsp3) is 0.840. The van der Waals surface area contributed by atoms with Gasteiger partial charge in [0.25, 0.3) is 0 Å². The Labute approximate surface area is 176 Å². The van der Waals surface area contributed by atoms with E-state index in [-0.39, 0.29) is 17.7 Å². The van der Waals surface area contributed by atoms with E-state index in [9.17, 15) is 9.59 Å². The van der Waals surface area contributed by atoms with Crippen LogP contribution < -0.4 is 0 Å². The van der Waals surface area contributed by atoms with E-state index in [2.05, 4.69) is 27.4 Å². The van der Waals surface area contributed by atoms with Crippen molar-refractivity contribution in [3.05, 3.63) is 12.7 Å². The van der Waals surface area contributed by atoms with E-state index in [1.54, 1.807) is 0 Å². The second-order valence-electron chi connectivity index (χ2n) is 11.1. The summed E-state index contributed by atoms with van der Waals surface area (Å²) >= 11 is 0. The summed E-state index contributed by atoms with van der Waals surface area (Å²) < 4.78 is 12.0. The summed E-state index contributed by atoms with van der Waals surface area (Å²) in [6, 6.07) is 0. The summed E-state index contributed by atoms with van der Waals surface area (Å²) in [5, 5.41) is 0. The molecule has 4 aliphatic carbocycles. The smallest absolute Gasteiger partial charge is 0.330 e. The van der Waals surface area contributed by atoms with E-state index < -0.39 is 11.4 Å². The lowest BCUT2D eigenvalue weighted by Gasteiger charge is -2.65. The quantitative estimate of drug-likeness (QED) is 0.385. The maximum absolute atomic E-state index is 13.6. The Balaban J connectivity index is 1.80. The van der Waals surface area contributed by atoms with Crippen LogP contribution in [0.25, 0.3) is 0 Å². The molecule has 29 heavy (non-hydrogen) atoms. The molecule has 4 nitrogen and oxygen atoms in total. The van der Waals surface area contributed by atoms with Gasteiger partial charge in [0, 0.05) is 17.9 Å². The standard InChI is InChI=1S/C25H40O4/c1-8-21(26)28-17(5)12-24(7,9-2)22(27)29-25(16(3)4)19-10-18-11-20(25)15-23(6,13-18)14-19/h8,16-20H,1,9-15H2,2-7H3. The summed E-state index contributed by atoms with van der Waals surface area (Å²) in [5.74, 6) is 1.49. The van der Waals surface area contributed by atoms with Gasteiger partial charge in [-0.05, 0) is 76.0 Å². The summed E-state index contributed by atoms with van der Waals surface area (Å²) in [4.78, 5) is 25.2. The Morgan fingerprint density at radius 2 is 1.76 bits per heavy atom. The fourth-order valence-electron chi connectivity index (χ4n) is 7.20. The van der Waals surface area contributed by atoms with Crippen LogP contribution in [-0.4, -0.2) is 23.6 Å². The number of ether oxygens (including phenoxy) is 2.